The second kappa shape index (κ2) is 8.63. The van der Waals surface area contributed by atoms with E-state index in [-0.39, 0.29) is 11.1 Å². The van der Waals surface area contributed by atoms with E-state index in [1.165, 1.54) is 0 Å². The SMILES string of the molecule is C#Cc1ccc(-c2cccc(-c3ccccc3)c2C(=O)O)c(C(=O)O)c1-c1ccccc1. The Morgan fingerprint density at radius 3 is 1.69 bits per heavy atom. The summed E-state index contributed by atoms with van der Waals surface area (Å²) in [6.45, 7) is 0. The fourth-order valence-corrected chi connectivity index (χ4v) is 3.94. The smallest absolute Gasteiger partial charge is 0.337 e. The van der Waals surface area contributed by atoms with E-state index in [0.29, 0.717) is 33.4 Å². The van der Waals surface area contributed by atoms with Gasteiger partial charge in [0.25, 0.3) is 0 Å². The number of aromatic carboxylic acids is 2. The van der Waals surface area contributed by atoms with Crippen LogP contribution in [-0.2, 0) is 0 Å². The molecule has 0 radical (unpaired) electrons. The van der Waals surface area contributed by atoms with Crippen molar-refractivity contribution in [2.45, 2.75) is 0 Å². The van der Waals surface area contributed by atoms with Gasteiger partial charge in [-0.15, -0.1) is 6.42 Å². The standard InChI is InChI=1S/C28H18O4/c1-2-18-16-17-23(26(28(31)32)24(18)20-12-7-4-8-13-20)22-15-9-14-21(25(22)27(29)30)19-10-5-3-6-11-19/h1,3-17H,(H,29,30)(H,31,32). The van der Waals surface area contributed by atoms with Gasteiger partial charge in [-0.25, -0.2) is 9.59 Å². The maximum Gasteiger partial charge on any atom is 0.337 e. The highest BCUT2D eigenvalue weighted by molar-refractivity contribution is 6.09. The van der Waals surface area contributed by atoms with Gasteiger partial charge in [0, 0.05) is 11.1 Å². The topological polar surface area (TPSA) is 74.6 Å². The minimum absolute atomic E-state index is 0.0284. The molecule has 4 heteroatoms. The molecule has 4 aromatic carbocycles. The van der Waals surface area contributed by atoms with Crippen molar-refractivity contribution in [1.29, 1.82) is 0 Å². The van der Waals surface area contributed by atoms with Crippen LogP contribution >= 0.6 is 0 Å². The zero-order valence-corrected chi connectivity index (χ0v) is 16.9. The van der Waals surface area contributed by atoms with Crippen molar-refractivity contribution in [3.63, 3.8) is 0 Å². The molecule has 0 amide bonds. The van der Waals surface area contributed by atoms with Crippen LogP contribution in [0.3, 0.4) is 0 Å². The first-order valence-electron chi connectivity index (χ1n) is 9.87. The lowest BCUT2D eigenvalue weighted by molar-refractivity contribution is 0.0685. The summed E-state index contributed by atoms with van der Waals surface area (Å²) in [4.78, 5) is 24.8. The molecule has 0 saturated carbocycles. The van der Waals surface area contributed by atoms with Crippen LogP contribution in [0.5, 0.6) is 0 Å². The Morgan fingerprint density at radius 1 is 0.594 bits per heavy atom. The number of rotatable bonds is 5. The molecule has 4 aromatic rings. The Balaban J connectivity index is 2.09. The summed E-state index contributed by atoms with van der Waals surface area (Å²) in [5.74, 6) is 0.239. The molecule has 0 unspecified atom stereocenters. The number of hydrogen-bond acceptors (Lipinski definition) is 2. The average Bonchev–Trinajstić information content (AvgIpc) is 2.83. The number of carboxylic acids is 2. The molecule has 0 aliphatic carbocycles. The van der Waals surface area contributed by atoms with Gasteiger partial charge < -0.3 is 10.2 Å². The van der Waals surface area contributed by atoms with Crippen molar-refractivity contribution < 1.29 is 19.8 Å². The van der Waals surface area contributed by atoms with E-state index in [1.54, 1.807) is 54.6 Å². The first kappa shape index (κ1) is 20.6. The number of terminal acetylenes is 1. The lowest BCUT2D eigenvalue weighted by atomic mass is 9.85. The molecule has 0 heterocycles. The predicted molar refractivity (Wildman–Crippen MR) is 125 cm³/mol. The van der Waals surface area contributed by atoms with Gasteiger partial charge in [0.1, 0.15) is 0 Å². The fraction of sp³-hybridized carbons (Fsp3) is 0. The van der Waals surface area contributed by atoms with Crippen molar-refractivity contribution in [3.8, 4) is 45.7 Å². The average molecular weight is 418 g/mol. The van der Waals surface area contributed by atoms with Crippen LogP contribution in [0.15, 0.2) is 91.0 Å². The zero-order valence-electron chi connectivity index (χ0n) is 16.9. The van der Waals surface area contributed by atoms with Gasteiger partial charge in [0.05, 0.1) is 11.1 Å². The fourth-order valence-electron chi connectivity index (χ4n) is 3.94. The van der Waals surface area contributed by atoms with Crippen molar-refractivity contribution in [2.75, 3.05) is 0 Å². The Kier molecular flexibility index (Phi) is 5.57. The van der Waals surface area contributed by atoms with Crippen LogP contribution in [0.2, 0.25) is 0 Å². The Labute approximate surface area is 185 Å². The summed E-state index contributed by atoms with van der Waals surface area (Å²) >= 11 is 0. The van der Waals surface area contributed by atoms with E-state index in [4.69, 9.17) is 6.42 Å². The highest BCUT2D eigenvalue weighted by atomic mass is 16.4. The molecule has 0 atom stereocenters. The molecular formula is C28H18O4. The number of benzene rings is 4. The Hall–Kier alpha value is -4.62. The minimum atomic E-state index is -1.18. The molecule has 0 spiro atoms. The summed E-state index contributed by atoms with van der Waals surface area (Å²) < 4.78 is 0. The molecule has 32 heavy (non-hydrogen) atoms. The van der Waals surface area contributed by atoms with Gasteiger partial charge >= 0.3 is 11.9 Å². The zero-order chi connectivity index (χ0) is 22.7. The van der Waals surface area contributed by atoms with E-state index >= 15 is 0 Å². The number of carboxylic acid groups (broad SMARTS) is 2. The lowest BCUT2D eigenvalue weighted by Gasteiger charge is -2.17. The van der Waals surface area contributed by atoms with Crippen LogP contribution in [0, 0.1) is 12.3 Å². The lowest BCUT2D eigenvalue weighted by Crippen LogP contribution is -2.08. The van der Waals surface area contributed by atoms with Crippen LogP contribution < -0.4 is 0 Å². The Bertz CT molecular complexity index is 1360. The molecular weight excluding hydrogens is 400 g/mol. The van der Waals surface area contributed by atoms with E-state index in [9.17, 15) is 19.8 Å². The molecule has 2 N–H and O–H groups in total. The third-order valence-corrected chi connectivity index (χ3v) is 5.29. The van der Waals surface area contributed by atoms with Gasteiger partial charge in [-0.05, 0) is 33.9 Å². The molecule has 154 valence electrons. The maximum absolute atomic E-state index is 12.5. The van der Waals surface area contributed by atoms with E-state index in [2.05, 4.69) is 5.92 Å². The molecule has 4 nitrogen and oxygen atoms in total. The van der Waals surface area contributed by atoms with Gasteiger partial charge in [-0.1, -0.05) is 90.8 Å². The van der Waals surface area contributed by atoms with Gasteiger partial charge in [0.15, 0.2) is 0 Å². The van der Waals surface area contributed by atoms with E-state index < -0.39 is 11.9 Å². The summed E-state index contributed by atoms with van der Waals surface area (Å²) in [5, 5.41) is 20.3. The van der Waals surface area contributed by atoms with Crippen LogP contribution in [0.1, 0.15) is 26.3 Å². The molecule has 0 aliphatic heterocycles. The first-order valence-corrected chi connectivity index (χ1v) is 9.87. The van der Waals surface area contributed by atoms with Gasteiger partial charge in [-0.3, -0.25) is 0 Å². The highest BCUT2D eigenvalue weighted by Gasteiger charge is 2.25. The molecule has 0 saturated heterocycles. The van der Waals surface area contributed by atoms with Crippen LogP contribution in [-0.4, -0.2) is 22.2 Å². The van der Waals surface area contributed by atoms with E-state index in [1.807, 2.05) is 36.4 Å². The first-order chi connectivity index (χ1) is 15.5. The van der Waals surface area contributed by atoms with Crippen LogP contribution in [0.4, 0.5) is 0 Å². The van der Waals surface area contributed by atoms with Crippen molar-refractivity contribution in [1.82, 2.24) is 0 Å². The minimum Gasteiger partial charge on any atom is -0.478 e. The summed E-state index contributed by atoms with van der Waals surface area (Å²) in [7, 11) is 0. The Morgan fingerprint density at radius 2 is 1.12 bits per heavy atom. The third kappa shape index (κ3) is 3.64. The maximum atomic E-state index is 12.5. The van der Waals surface area contributed by atoms with Gasteiger partial charge in [0.2, 0.25) is 0 Å². The van der Waals surface area contributed by atoms with Crippen LogP contribution in [0.25, 0.3) is 33.4 Å². The second-order valence-electron chi connectivity index (χ2n) is 7.13. The summed E-state index contributed by atoms with van der Waals surface area (Å²) in [5.41, 5.74) is 3.32. The molecule has 0 aromatic heterocycles. The van der Waals surface area contributed by atoms with Gasteiger partial charge in [-0.2, -0.15) is 0 Å². The molecule has 0 bridgehead atoms. The van der Waals surface area contributed by atoms with Crippen molar-refractivity contribution in [3.05, 3.63) is 108 Å². The highest BCUT2D eigenvalue weighted by Crippen LogP contribution is 2.39. The predicted octanol–water partition coefficient (Wildman–Crippen LogP) is 6.07. The summed E-state index contributed by atoms with van der Waals surface area (Å²) in [6.07, 6.45) is 5.69. The molecule has 4 rings (SSSR count). The molecule has 0 aliphatic rings. The third-order valence-electron chi connectivity index (χ3n) is 5.29. The number of carbonyl (C=O) groups is 2. The largest absolute Gasteiger partial charge is 0.478 e. The van der Waals surface area contributed by atoms with E-state index in [0.717, 1.165) is 5.56 Å². The quantitative estimate of drug-likeness (QED) is 0.386. The summed E-state index contributed by atoms with van der Waals surface area (Å²) in [6, 6.07) is 26.4. The second-order valence-corrected chi connectivity index (χ2v) is 7.13. The van der Waals surface area contributed by atoms with Crippen molar-refractivity contribution in [2.24, 2.45) is 0 Å². The number of hydrogen-bond donors (Lipinski definition) is 2. The molecule has 0 fully saturated rings. The van der Waals surface area contributed by atoms with Crippen molar-refractivity contribution >= 4 is 11.9 Å². The normalized spacial score (nSPS) is 10.3. The monoisotopic (exact) mass is 418 g/mol.